The van der Waals surface area contributed by atoms with E-state index in [9.17, 15) is 5.26 Å². The van der Waals surface area contributed by atoms with Crippen LogP contribution in [0, 0.1) is 17.2 Å². The number of rotatable bonds is 2. The Morgan fingerprint density at radius 3 is 2.95 bits per heavy atom. The largest absolute Gasteiger partial charge is 0.382 e. The second-order valence-electron chi connectivity index (χ2n) is 5.36. The summed E-state index contributed by atoms with van der Waals surface area (Å²) in [6, 6.07) is 2.17. The van der Waals surface area contributed by atoms with Crippen molar-refractivity contribution >= 4 is 11.6 Å². The van der Waals surface area contributed by atoms with Crippen LogP contribution in [0.5, 0.6) is 0 Å². The highest BCUT2D eigenvalue weighted by Crippen LogP contribution is 2.29. The molecule has 2 aromatic heterocycles. The van der Waals surface area contributed by atoms with E-state index in [1.54, 1.807) is 18.6 Å². The lowest BCUT2D eigenvalue weighted by atomic mass is 10.0. The molecule has 7 heteroatoms. The van der Waals surface area contributed by atoms with Gasteiger partial charge in [-0.15, -0.1) is 5.10 Å². The number of hydrogen-bond donors (Lipinski definition) is 1. The molecule has 0 aromatic carbocycles. The van der Waals surface area contributed by atoms with Crippen LogP contribution in [0.15, 0.2) is 18.6 Å². The topological polar surface area (TPSA) is 96.7 Å². The van der Waals surface area contributed by atoms with Gasteiger partial charge in [-0.2, -0.15) is 9.94 Å². The zero-order valence-electron chi connectivity index (χ0n) is 11.9. The summed E-state index contributed by atoms with van der Waals surface area (Å²) in [5, 5.41) is 13.9. The fraction of sp³-hybridized carbons (Fsp3) is 0.429. The Balaban J connectivity index is 2.04. The van der Waals surface area contributed by atoms with Gasteiger partial charge in [-0.1, -0.05) is 6.92 Å². The lowest BCUT2D eigenvalue weighted by Crippen LogP contribution is -2.35. The van der Waals surface area contributed by atoms with Gasteiger partial charge in [0.15, 0.2) is 11.6 Å². The normalized spacial score (nSPS) is 18.5. The Hall–Kier alpha value is -2.62. The molecule has 0 saturated carbocycles. The van der Waals surface area contributed by atoms with Gasteiger partial charge in [-0.25, -0.2) is 4.98 Å². The van der Waals surface area contributed by atoms with Crippen molar-refractivity contribution in [3.05, 3.63) is 24.2 Å². The van der Waals surface area contributed by atoms with Crippen molar-refractivity contribution in [2.75, 3.05) is 23.7 Å². The van der Waals surface area contributed by atoms with Crippen LogP contribution >= 0.6 is 0 Å². The first-order valence-electron chi connectivity index (χ1n) is 7.00. The number of hydrogen-bond acceptors (Lipinski definition) is 6. The number of nitriles is 1. The average Bonchev–Trinajstić information content (AvgIpc) is 2.85. The summed E-state index contributed by atoms with van der Waals surface area (Å²) in [6.45, 7) is 4.00. The van der Waals surface area contributed by atoms with E-state index < -0.39 is 0 Å². The Morgan fingerprint density at radius 1 is 1.43 bits per heavy atom. The van der Waals surface area contributed by atoms with Crippen LogP contribution < -0.4 is 10.6 Å². The average molecular weight is 283 g/mol. The third-order valence-electron chi connectivity index (χ3n) is 3.74. The van der Waals surface area contributed by atoms with Crippen LogP contribution in [-0.2, 0) is 0 Å². The molecule has 0 spiro atoms. The van der Waals surface area contributed by atoms with Gasteiger partial charge in [0.25, 0.3) is 0 Å². The predicted octanol–water partition coefficient (Wildman–Crippen LogP) is 1.35. The van der Waals surface area contributed by atoms with Gasteiger partial charge in [0.2, 0.25) is 0 Å². The summed E-state index contributed by atoms with van der Waals surface area (Å²) in [4.78, 5) is 10.3. The second-order valence-corrected chi connectivity index (χ2v) is 5.36. The van der Waals surface area contributed by atoms with E-state index in [0.717, 1.165) is 19.5 Å². The minimum Gasteiger partial charge on any atom is -0.382 e. The number of anilines is 2. The molecule has 21 heavy (non-hydrogen) atoms. The molecular formula is C14H17N7. The molecule has 1 unspecified atom stereocenters. The van der Waals surface area contributed by atoms with Gasteiger partial charge in [0.05, 0.1) is 6.20 Å². The molecule has 2 N–H and O–H groups in total. The number of nitrogen functional groups attached to an aromatic ring is 1. The van der Waals surface area contributed by atoms with E-state index in [-0.39, 0.29) is 0 Å². The van der Waals surface area contributed by atoms with Crippen LogP contribution in [-0.4, -0.2) is 32.8 Å². The SMILES string of the molecule is CC1CCCN(c2nn(-c3cnccn3)c(N)c2C#N)C1. The summed E-state index contributed by atoms with van der Waals surface area (Å²) in [5.74, 6) is 2.06. The number of aromatic nitrogens is 4. The predicted molar refractivity (Wildman–Crippen MR) is 78.9 cm³/mol. The van der Waals surface area contributed by atoms with Crippen LogP contribution in [0.3, 0.4) is 0 Å². The van der Waals surface area contributed by atoms with Crippen molar-refractivity contribution in [2.24, 2.45) is 5.92 Å². The molecule has 2 aromatic rings. The van der Waals surface area contributed by atoms with Gasteiger partial charge < -0.3 is 10.6 Å². The molecule has 0 amide bonds. The number of nitrogens with zero attached hydrogens (tertiary/aromatic N) is 6. The summed E-state index contributed by atoms with van der Waals surface area (Å²) >= 11 is 0. The molecular weight excluding hydrogens is 266 g/mol. The lowest BCUT2D eigenvalue weighted by molar-refractivity contribution is 0.444. The summed E-state index contributed by atoms with van der Waals surface area (Å²) in [6.07, 6.45) is 7.04. The Morgan fingerprint density at radius 2 is 2.29 bits per heavy atom. The van der Waals surface area contributed by atoms with Crippen molar-refractivity contribution in [3.63, 3.8) is 0 Å². The van der Waals surface area contributed by atoms with Crippen molar-refractivity contribution < 1.29 is 0 Å². The highest BCUT2D eigenvalue weighted by molar-refractivity contribution is 5.66. The quantitative estimate of drug-likeness (QED) is 0.893. The van der Waals surface area contributed by atoms with Crippen molar-refractivity contribution in [1.29, 1.82) is 5.26 Å². The number of nitrogens with two attached hydrogens (primary N) is 1. The summed E-state index contributed by atoms with van der Waals surface area (Å²) in [5.41, 5.74) is 6.48. The summed E-state index contributed by atoms with van der Waals surface area (Å²) in [7, 11) is 0. The maximum Gasteiger partial charge on any atom is 0.174 e. The molecule has 7 nitrogen and oxygen atoms in total. The monoisotopic (exact) mass is 283 g/mol. The molecule has 1 atom stereocenters. The van der Waals surface area contributed by atoms with E-state index in [1.807, 2.05) is 0 Å². The van der Waals surface area contributed by atoms with Gasteiger partial charge in [0.1, 0.15) is 17.5 Å². The Labute approximate surface area is 123 Å². The Bertz CT molecular complexity index is 671. The molecule has 3 heterocycles. The first-order chi connectivity index (χ1) is 10.2. The maximum atomic E-state index is 9.41. The van der Waals surface area contributed by atoms with Crippen LogP contribution in [0.4, 0.5) is 11.6 Å². The third kappa shape index (κ3) is 2.40. The van der Waals surface area contributed by atoms with E-state index in [2.05, 4.69) is 33.0 Å². The molecule has 0 aliphatic carbocycles. The first-order valence-corrected chi connectivity index (χ1v) is 7.00. The van der Waals surface area contributed by atoms with E-state index in [1.165, 1.54) is 11.1 Å². The van der Waals surface area contributed by atoms with Gasteiger partial charge in [-0.05, 0) is 18.8 Å². The molecule has 108 valence electrons. The van der Waals surface area contributed by atoms with E-state index in [0.29, 0.717) is 28.9 Å². The minimum absolute atomic E-state index is 0.311. The second kappa shape index (κ2) is 5.40. The molecule has 1 aliphatic rings. The molecule has 1 saturated heterocycles. The molecule has 1 aliphatic heterocycles. The van der Waals surface area contributed by atoms with Gasteiger partial charge >= 0.3 is 0 Å². The summed E-state index contributed by atoms with van der Waals surface area (Å²) < 4.78 is 1.49. The molecule has 3 rings (SSSR count). The van der Waals surface area contributed by atoms with Gasteiger partial charge in [0, 0.05) is 25.5 Å². The number of piperidine rings is 1. The van der Waals surface area contributed by atoms with Crippen molar-refractivity contribution in [3.8, 4) is 11.9 Å². The third-order valence-corrected chi connectivity index (χ3v) is 3.74. The van der Waals surface area contributed by atoms with Crippen LogP contribution in [0.25, 0.3) is 5.82 Å². The fourth-order valence-corrected chi connectivity index (χ4v) is 2.70. The molecule has 0 bridgehead atoms. The zero-order valence-corrected chi connectivity index (χ0v) is 11.9. The smallest absolute Gasteiger partial charge is 0.174 e. The molecule has 1 fully saturated rings. The van der Waals surface area contributed by atoms with E-state index in [4.69, 9.17) is 5.73 Å². The van der Waals surface area contributed by atoms with Crippen LogP contribution in [0.1, 0.15) is 25.3 Å². The van der Waals surface area contributed by atoms with E-state index >= 15 is 0 Å². The lowest BCUT2D eigenvalue weighted by Gasteiger charge is -2.31. The Kier molecular flexibility index (Phi) is 3.44. The zero-order chi connectivity index (χ0) is 14.8. The minimum atomic E-state index is 0.311. The highest BCUT2D eigenvalue weighted by atomic mass is 15.4. The maximum absolute atomic E-state index is 9.41. The first kappa shape index (κ1) is 13.4. The van der Waals surface area contributed by atoms with Crippen molar-refractivity contribution in [2.45, 2.75) is 19.8 Å². The molecule has 0 radical (unpaired) electrons. The van der Waals surface area contributed by atoms with Crippen LogP contribution in [0.2, 0.25) is 0 Å². The fourth-order valence-electron chi connectivity index (χ4n) is 2.70. The highest BCUT2D eigenvalue weighted by Gasteiger charge is 2.25. The van der Waals surface area contributed by atoms with Crippen molar-refractivity contribution in [1.82, 2.24) is 19.7 Å². The standard InChI is InChI=1S/C14H17N7/c1-10-3-2-6-20(9-10)14-11(7-15)13(16)21(19-14)12-8-17-4-5-18-12/h4-5,8,10H,2-3,6,9,16H2,1H3. The van der Waals surface area contributed by atoms with Gasteiger partial charge in [-0.3, -0.25) is 4.98 Å².